The number of carbonyl (C=O) groups is 8. The topological polar surface area (TPSA) is 529 Å². The Bertz CT molecular complexity index is 2410. The van der Waals surface area contributed by atoms with Crippen molar-refractivity contribution < 1.29 is 94.5 Å². The van der Waals surface area contributed by atoms with Gasteiger partial charge in [0.1, 0.15) is 60.8 Å². The second kappa shape index (κ2) is 26.3. The van der Waals surface area contributed by atoms with Gasteiger partial charge in [0.2, 0.25) is 29.6 Å². The van der Waals surface area contributed by atoms with Crippen molar-refractivity contribution in [2.45, 2.75) is 106 Å². The van der Waals surface area contributed by atoms with E-state index in [1.54, 1.807) is 0 Å². The molecule has 0 aliphatic rings. The molecule has 3 aromatic rings. The highest BCUT2D eigenvalue weighted by Crippen LogP contribution is 2.14. The van der Waals surface area contributed by atoms with Crippen molar-refractivity contribution in [1.82, 2.24) is 46.5 Å². The second-order valence-electron chi connectivity index (χ2n) is 15.5. The normalized spacial score (nSPS) is 16.0. The quantitative estimate of drug-likeness (QED) is 0.0321. The van der Waals surface area contributed by atoms with Crippen molar-refractivity contribution in [1.29, 1.82) is 0 Å². The minimum Gasteiger partial charge on any atom is -0.481 e. The van der Waals surface area contributed by atoms with E-state index in [1.807, 2.05) is 16.0 Å². The Morgan fingerprint density at radius 2 is 1.24 bits per heavy atom. The average Bonchev–Trinajstić information content (AvgIpc) is 3.30. The van der Waals surface area contributed by atoms with E-state index in [4.69, 9.17) is 10.8 Å². The van der Waals surface area contributed by atoms with Crippen molar-refractivity contribution >= 4 is 70.2 Å². The first-order valence-corrected chi connectivity index (χ1v) is 20.7. The van der Waals surface area contributed by atoms with Gasteiger partial charge in [-0.2, -0.15) is 4.98 Å². The highest BCUT2D eigenvalue weighted by atomic mass is 16.4. The van der Waals surface area contributed by atoms with Crippen LogP contribution < -0.4 is 43.2 Å². The molecule has 0 unspecified atom stereocenters. The summed E-state index contributed by atoms with van der Waals surface area (Å²) in [4.78, 5) is 128. The second-order valence-corrected chi connectivity index (χ2v) is 15.5. The number of aliphatic carboxylic acids is 3. The number of anilines is 2. The summed E-state index contributed by atoms with van der Waals surface area (Å²) in [5.74, 6) is -12.0. The van der Waals surface area contributed by atoms with E-state index in [-0.39, 0.29) is 29.2 Å². The number of nitrogen functional groups attached to an aromatic ring is 1. The summed E-state index contributed by atoms with van der Waals surface area (Å²) in [7, 11) is 0. The molecule has 2 heterocycles. The maximum absolute atomic E-state index is 13.6. The van der Waals surface area contributed by atoms with Crippen molar-refractivity contribution in [2.24, 2.45) is 0 Å². The number of aromatic nitrogens is 4. The Balaban J connectivity index is 1.76. The highest BCUT2D eigenvalue weighted by molar-refractivity contribution is 5.98. The van der Waals surface area contributed by atoms with Gasteiger partial charge in [-0.25, -0.2) is 14.8 Å². The molecule has 0 bridgehead atoms. The maximum atomic E-state index is 13.6. The van der Waals surface area contributed by atoms with E-state index >= 15 is 0 Å². The van der Waals surface area contributed by atoms with Crippen LogP contribution in [0.3, 0.4) is 0 Å². The standard InChI is InChI=1S/C39H53N11O20/c1-14(8-23(56)57)43-35(66)26(31(63)29(61)21(54)13-52)48-34(65)19(9-24(58)59)46-36(67)25(30(62)28(60)20(53)12-51)47-22(55)7-6-18(38(69)70)45-33(64)15-2-4-16(5-3-15)41-10-17-11-42-32-27(44-17)37(68)50-39(40)49-32/h2-5,11,14,18-21,25-26,28-31,41,51-54,60-63H,6-10,12-13H2,1H3,(H,43,66)(H,45,64)(H,46,67)(H,47,55)(H,48,65)(H,56,57)(H,58,59)(H,69,70)(H3,40,42,49,50,68)/t14-,18+,19+,20-,21-,25+,26+,28-,29-,30-,31-/m1/s1. The van der Waals surface area contributed by atoms with Crippen LogP contribution in [0.5, 0.6) is 0 Å². The predicted octanol–water partition coefficient (Wildman–Crippen LogP) is -8.07. The molecule has 2 aromatic heterocycles. The SMILES string of the molecule is C[C@H](CC(=O)O)NC(=O)[C@@H](NC(=O)[C@H](CC(=O)O)NC(=O)[C@@H](NC(=O)CC[C@H](NC(=O)c1ccc(NCc2cnc3nc(N)[nH]c(=O)c3n2)cc1)C(=O)O)[C@@H](O)[C@H](O)[C@H](O)CO)[C@@H](O)[C@H](O)[C@H](O)CO. The van der Waals surface area contributed by atoms with Gasteiger partial charge in [-0.05, 0) is 37.6 Å². The molecule has 31 nitrogen and oxygen atoms in total. The van der Waals surface area contributed by atoms with Gasteiger partial charge in [-0.15, -0.1) is 0 Å². The van der Waals surface area contributed by atoms with E-state index < -0.39 is 159 Å². The lowest BCUT2D eigenvalue weighted by molar-refractivity contribution is -0.145. The summed E-state index contributed by atoms with van der Waals surface area (Å²) in [6.45, 7) is -1.17. The van der Waals surface area contributed by atoms with Gasteiger partial charge >= 0.3 is 17.9 Å². The van der Waals surface area contributed by atoms with Crippen LogP contribution in [0.25, 0.3) is 11.2 Å². The Labute approximate surface area is 393 Å². The number of H-pyrrole nitrogens is 1. The Kier molecular flexibility index (Phi) is 21.3. The summed E-state index contributed by atoms with van der Waals surface area (Å²) >= 11 is 0. The molecular weight excluding hydrogens is 942 g/mol. The molecule has 0 aliphatic heterocycles. The molecule has 5 amide bonds. The molecule has 1 aromatic carbocycles. The van der Waals surface area contributed by atoms with E-state index in [0.717, 1.165) is 0 Å². The lowest BCUT2D eigenvalue weighted by atomic mass is 9.98. The lowest BCUT2D eigenvalue weighted by Crippen LogP contribution is -2.64. The third-order valence-electron chi connectivity index (χ3n) is 9.98. The summed E-state index contributed by atoms with van der Waals surface area (Å²) in [6, 6.07) is -4.65. The van der Waals surface area contributed by atoms with Crippen LogP contribution in [-0.2, 0) is 40.1 Å². The number of carboxylic acids is 3. The number of carbonyl (C=O) groups excluding carboxylic acids is 5. The molecule has 0 spiro atoms. The molecule has 3 rings (SSSR count). The van der Waals surface area contributed by atoms with Crippen LogP contribution >= 0.6 is 0 Å². The third kappa shape index (κ3) is 16.6. The number of nitrogens with zero attached hydrogens (tertiary/aromatic N) is 3. The van der Waals surface area contributed by atoms with E-state index in [1.165, 1.54) is 37.4 Å². The molecule has 70 heavy (non-hydrogen) atoms. The molecule has 31 heteroatoms. The Hall–Kier alpha value is -7.52. The van der Waals surface area contributed by atoms with Gasteiger partial charge in [0.25, 0.3) is 11.5 Å². The molecule has 0 radical (unpaired) electrons. The van der Waals surface area contributed by atoms with Gasteiger partial charge < -0.3 is 93.8 Å². The molecule has 20 N–H and O–H groups in total. The van der Waals surface area contributed by atoms with E-state index in [9.17, 15) is 94.2 Å². The first-order chi connectivity index (χ1) is 32.9. The fraction of sp³-hybridized carbons (Fsp3) is 0.487. The molecule has 0 saturated heterocycles. The zero-order chi connectivity index (χ0) is 52.6. The maximum Gasteiger partial charge on any atom is 0.326 e. The number of carboxylic acid groups (broad SMARTS) is 3. The fourth-order valence-corrected chi connectivity index (χ4v) is 6.23. The third-order valence-corrected chi connectivity index (χ3v) is 9.98. The number of benzene rings is 1. The van der Waals surface area contributed by atoms with Gasteiger partial charge in [-0.3, -0.25) is 43.3 Å². The van der Waals surface area contributed by atoms with Crippen LogP contribution in [-0.4, -0.2) is 204 Å². The summed E-state index contributed by atoms with van der Waals surface area (Å²) in [6.07, 6.45) is -16.5. The van der Waals surface area contributed by atoms with Crippen LogP contribution in [0.1, 0.15) is 48.7 Å². The van der Waals surface area contributed by atoms with Crippen LogP contribution in [0.4, 0.5) is 11.6 Å². The van der Waals surface area contributed by atoms with Crippen LogP contribution in [0, 0.1) is 0 Å². The van der Waals surface area contributed by atoms with Crippen molar-refractivity contribution in [3.05, 3.63) is 52.1 Å². The molecule has 0 saturated carbocycles. The summed E-state index contributed by atoms with van der Waals surface area (Å²) in [5, 5.41) is 122. The monoisotopic (exact) mass is 995 g/mol. The number of nitrogens with one attached hydrogen (secondary N) is 7. The number of aromatic amines is 1. The molecular formula is C39H53N11O20. The Morgan fingerprint density at radius 3 is 1.79 bits per heavy atom. The molecule has 384 valence electrons. The minimum absolute atomic E-state index is 0.0278. The highest BCUT2D eigenvalue weighted by Gasteiger charge is 2.41. The van der Waals surface area contributed by atoms with Crippen molar-refractivity contribution in [3.8, 4) is 0 Å². The lowest BCUT2D eigenvalue weighted by Gasteiger charge is -2.32. The van der Waals surface area contributed by atoms with E-state index in [0.29, 0.717) is 11.4 Å². The number of rotatable bonds is 28. The van der Waals surface area contributed by atoms with Crippen LogP contribution in [0.2, 0.25) is 0 Å². The van der Waals surface area contributed by atoms with Crippen molar-refractivity contribution in [2.75, 3.05) is 24.3 Å². The average molecular weight is 996 g/mol. The molecule has 0 aliphatic carbocycles. The number of hydrogen-bond acceptors (Lipinski definition) is 22. The number of hydrogen-bond donors (Lipinski definition) is 19. The predicted molar refractivity (Wildman–Crippen MR) is 232 cm³/mol. The number of nitrogens with two attached hydrogens (primary N) is 1. The van der Waals surface area contributed by atoms with Crippen LogP contribution in [0.15, 0.2) is 35.3 Å². The summed E-state index contributed by atoms with van der Waals surface area (Å²) in [5.41, 5.74) is 5.62. The first-order valence-electron chi connectivity index (χ1n) is 20.7. The zero-order valence-electron chi connectivity index (χ0n) is 36.7. The summed E-state index contributed by atoms with van der Waals surface area (Å²) < 4.78 is 0. The number of aliphatic hydroxyl groups excluding tert-OH is 8. The number of fused-ring (bicyclic) bond motifs is 1. The van der Waals surface area contributed by atoms with E-state index in [2.05, 4.69) is 35.9 Å². The van der Waals surface area contributed by atoms with Gasteiger partial charge in [0.05, 0.1) is 44.5 Å². The first kappa shape index (κ1) is 56.8. The molecule has 11 atom stereocenters. The van der Waals surface area contributed by atoms with Gasteiger partial charge in [0.15, 0.2) is 11.2 Å². The van der Waals surface area contributed by atoms with Gasteiger partial charge in [0, 0.05) is 23.7 Å². The van der Waals surface area contributed by atoms with Crippen molar-refractivity contribution in [3.63, 3.8) is 0 Å². The minimum atomic E-state index is -2.58. The number of amides is 5. The number of aliphatic hydroxyl groups is 8. The molecule has 0 fully saturated rings. The largest absolute Gasteiger partial charge is 0.481 e. The Morgan fingerprint density at radius 1 is 0.686 bits per heavy atom. The van der Waals surface area contributed by atoms with Gasteiger partial charge in [-0.1, -0.05) is 0 Å². The fourth-order valence-electron chi connectivity index (χ4n) is 6.23. The zero-order valence-corrected chi connectivity index (χ0v) is 36.7. The smallest absolute Gasteiger partial charge is 0.326 e.